The van der Waals surface area contributed by atoms with Gasteiger partial charge in [-0.1, -0.05) is 49.1 Å². The molecule has 2 heterocycles. The fourth-order valence-electron chi connectivity index (χ4n) is 3.93. The van der Waals surface area contributed by atoms with E-state index in [-0.39, 0.29) is 70.6 Å². The molecule has 1 saturated carbocycles. The molecule has 8 heteroatoms. The Hall–Kier alpha value is -0.518. The number of aromatic hydroxyl groups is 1. The number of benzene rings is 1. The quantitative estimate of drug-likeness (QED) is 0.510. The molecule has 147 valence electrons. The first-order valence-corrected chi connectivity index (χ1v) is 8.72. The summed E-state index contributed by atoms with van der Waals surface area (Å²) in [4.78, 5) is 0. The van der Waals surface area contributed by atoms with E-state index >= 15 is 0 Å². The Labute approximate surface area is 204 Å². The zero-order valence-corrected chi connectivity index (χ0v) is 22.0. The van der Waals surface area contributed by atoms with Gasteiger partial charge in [0.2, 0.25) is 0 Å². The fourth-order valence-corrected chi connectivity index (χ4v) is 3.93. The summed E-state index contributed by atoms with van der Waals surface area (Å²) in [5.74, 6) is -1.64. The van der Waals surface area contributed by atoms with Crippen molar-refractivity contribution in [1.82, 2.24) is 9.78 Å². The molecule has 0 spiro atoms. The SMILES string of the molecule is Cc1ccc2c(c1)C(C)(C)C(=CC1C([O-])C(c3[c-]nn(C)c3O)C1[O-])[N-]2.[W].[Y]. The summed E-state index contributed by atoms with van der Waals surface area (Å²) in [6.07, 6.45) is 2.09. The van der Waals surface area contributed by atoms with Crippen LogP contribution in [0.15, 0.2) is 30.0 Å². The van der Waals surface area contributed by atoms with Crippen molar-refractivity contribution in [3.05, 3.63) is 58.2 Å². The van der Waals surface area contributed by atoms with Gasteiger partial charge in [0, 0.05) is 60.8 Å². The smallest absolute Gasteiger partial charge is 0.0523 e. The molecule has 1 aliphatic carbocycles. The molecular weight excluding hydrogens is 603 g/mol. The molecule has 0 saturated heterocycles. The molecule has 6 nitrogen and oxygen atoms in total. The van der Waals surface area contributed by atoms with Gasteiger partial charge < -0.3 is 30.4 Å². The maximum Gasteiger partial charge on any atom is 0.0523 e. The van der Waals surface area contributed by atoms with E-state index in [2.05, 4.69) is 36.5 Å². The maximum absolute atomic E-state index is 12.7. The van der Waals surface area contributed by atoms with Crippen molar-refractivity contribution >= 4 is 5.69 Å². The van der Waals surface area contributed by atoms with Crippen molar-refractivity contribution in [3.63, 3.8) is 0 Å². The van der Waals surface area contributed by atoms with Crippen LogP contribution in [-0.4, -0.2) is 27.1 Å². The number of allylic oxidation sites excluding steroid dienone is 1. The predicted molar refractivity (Wildman–Crippen MR) is 92.8 cm³/mol. The molecule has 0 bridgehead atoms. The third-order valence-corrected chi connectivity index (χ3v) is 5.72. The number of rotatable bonds is 2. The normalized spacial score (nSPS) is 28.6. The minimum Gasteiger partial charge on any atom is -0.851 e. The fraction of sp³-hybridized carbons (Fsp3) is 0.450. The Morgan fingerprint density at radius 2 is 1.93 bits per heavy atom. The van der Waals surface area contributed by atoms with Crippen LogP contribution in [0, 0.1) is 19.0 Å². The molecule has 1 aromatic heterocycles. The van der Waals surface area contributed by atoms with Crippen molar-refractivity contribution in [2.24, 2.45) is 13.0 Å². The second-order valence-corrected chi connectivity index (χ2v) is 7.81. The Morgan fingerprint density at radius 1 is 1.29 bits per heavy atom. The summed E-state index contributed by atoms with van der Waals surface area (Å²) < 4.78 is 1.22. The van der Waals surface area contributed by atoms with E-state index in [0.717, 1.165) is 22.5 Å². The molecule has 2 aromatic rings. The predicted octanol–water partition coefficient (Wildman–Crippen LogP) is 1.28. The summed E-state index contributed by atoms with van der Waals surface area (Å²) in [5.41, 5.74) is 3.82. The summed E-state index contributed by atoms with van der Waals surface area (Å²) >= 11 is 0. The van der Waals surface area contributed by atoms with E-state index in [9.17, 15) is 15.3 Å². The second-order valence-electron chi connectivity index (χ2n) is 7.81. The third kappa shape index (κ3) is 3.56. The van der Waals surface area contributed by atoms with E-state index in [1.54, 1.807) is 13.1 Å². The topological polar surface area (TPSA) is 98.3 Å². The molecule has 0 amide bonds. The largest absolute Gasteiger partial charge is 0.851 e. The van der Waals surface area contributed by atoms with Gasteiger partial charge >= 0.3 is 0 Å². The molecule has 1 aromatic carbocycles. The van der Waals surface area contributed by atoms with Gasteiger partial charge in [-0.3, -0.25) is 0 Å². The molecule has 28 heavy (non-hydrogen) atoms. The number of hydrogen-bond acceptors (Lipinski definition) is 4. The number of hydrogen-bond donors (Lipinski definition) is 1. The Morgan fingerprint density at radius 3 is 2.50 bits per heavy atom. The van der Waals surface area contributed by atoms with Crippen LogP contribution in [0.5, 0.6) is 5.88 Å². The van der Waals surface area contributed by atoms with E-state index in [0.29, 0.717) is 0 Å². The third-order valence-electron chi connectivity index (χ3n) is 5.72. The number of fused-ring (bicyclic) bond motifs is 1. The molecule has 1 aliphatic heterocycles. The van der Waals surface area contributed by atoms with Gasteiger partial charge in [0.1, 0.15) is 0 Å². The van der Waals surface area contributed by atoms with Gasteiger partial charge in [0.25, 0.3) is 0 Å². The zero-order valence-electron chi connectivity index (χ0n) is 16.2. The van der Waals surface area contributed by atoms with Crippen LogP contribution in [0.3, 0.4) is 0 Å². The first-order chi connectivity index (χ1) is 12.2. The van der Waals surface area contributed by atoms with Crippen molar-refractivity contribution in [2.45, 2.75) is 44.3 Å². The van der Waals surface area contributed by atoms with Crippen molar-refractivity contribution in [1.29, 1.82) is 0 Å². The van der Waals surface area contributed by atoms with Gasteiger partial charge in [-0.2, -0.15) is 5.70 Å². The van der Waals surface area contributed by atoms with Crippen LogP contribution in [-0.2, 0) is 66.2 Å². The number of aryl methyl sites for hydroxylation is 2. The van der Waals surface area contributed by atoms with Crippen LogP contribution >= 0.6 is 0 Å². The summed E-state index contributed by atoms with van der Waals surface area (Å²) in [7, 11) is 1.55. The zero-order chi connectivity index (χ0) is 18.8. The Balaban J connectivity index is 0.00000140. The van der Waals surface area contributed by atoms with E-state index in [1.165, 1.54) is 4.68 Å². The van der Waals surface area contributed by atoms with Gasteiger partial charge in [0.05, 0.1) is 5.88 Å². The summed E-state index contributed by atoms with van der Waals surface area (Å²) in [5, 5.41) is 43.8. The van der Waals surface area contributed by atoms with Gasteiger partial charge in [-0.15, -0.1) is 35.7 Å². The van der Waals surface area contributed by atoms with Crippen LogP contribution in [0.25, 0.3) is 5.32 Å². The van der Waals surface area contributed by atoms with Crippen LogP contribution in [0.2, 0.25) is 0 Å². The molecule has 1 fully saturated rings. The van der Waals surface area contributed by atoms with E-state index in [1.807, 2.05) is 19.1 Å². The van der Waals surface area contributed by atoms with Crippen molar-refractivity contribution < 1.29 is 69.1 Å². The first kappa shape index (κ1) is 23.8. The van der Waals surface area contributed by atoms with Crippen LogP contribution in [0.4, 0.5) is 5.69 Å². The van der Waals surface area contributed by atoms with Gasteiger partial charge in [0.15, 0.2) is 0 Å². The van der Waals surface area contributed by atoms with Crippen molar-refractivity contribution in [2.75, 3.05) is 0 Å². The number of aromatic nitrogens is 2. The van der Waals surface area contributed by atoms with Gasteiger partial charge in [-0.25, -0.2) is 0 Å². The molecule has 2 aliphatic rings. The molecular formula is C20H21N3O3WY-4. The standard InChI is InChI=1S/C20H21N3O3.W.Y/c1-10-5-6-14-13(7-10)20(2,3)15(22-14)8-11-17(24)16(18(11)25)12-9-21-23(4)19(12)26;;/h5-8,11,16-18H,1-4H3,(H,21,26);;/q-4;;. The summed E-state index contributed by atoms with van der Waals surface area (Å²) in [6, 6.07) is 6.09. The average Bonchev–Trinajstić information content (AvgIpc) is 3.04. The molecule has 1 radical (unpaired) electrons. The van der Waals surface area contributed by atoms with Crippen molar-refractivity contribution in [3.8, 4) is 5.88 Å². The van der Waals surface area contributed by atoms with Crippen LogP contribution in [0.1, 0.15) is 36.5 Å². The minimum atomic E-state index is -1.13. The van der Waals surface area contributed by atoms with E-state index < -0.39 is 24.0 Å². The second kappa shape index (κ2) is 8.31. The molecule has 4 rings (SSSR count). The van der Waals surface area contributed by atoms with Crippen LogP contribution < -0.4 is 10.2 Å². The Kier molecular flexibility index (Phi) is 7.05. The number of nitrogens with zero attached hydrogens (tertiary/aromatic N) is 3. The van der Waals surface area contributed by atoms with E-state index in [4.69, 9.17) is 0 Å². The maximum atomic E-state index is 12.7. The minimum absolute atomic E-state index is 0. The molecule has 2 unspecified atom stereocenters. The molecule has 1 N–H and O–H groups in total. The Bertz CT molecular complexity index is 902. The first-order valence-electron chi connectivity index (χ1n) is 8.72. The molecule has 2 atom stereocenters. The van der Waals surface area contributed by atoms with Gasteiger partial charge in [-0.05, 0) is 18.3 Å². The summed E-state index contributed by atoms with van der Waals surface area (Å²) in [6.45, 7) is 6.15. The average molecular weight is 624 g/mol. The monoisotopic (exact) mass is 624 g/mol.